The van der Waals surface area contributed by atoms with E-state index in [0.29, 0.717) is 24.8 Å². The summed E-state index contributed by atoms with van der Waals surface area (Å²) in [6.07, 6.45) is 7.92. The first-order valence-electron chi connectivity index (χ1n) is 12.6. The van der Waals surface area contributed by atoms with Crippen molar-refractivity contribution in [1.29, 1.82) is 0 Å². The molecule has 0 fully saturated rings. The number of methoxy groups -OCH3 is 1. The number of nitrogens with zero attached hydrogens (tertiary/aromatic N) is 3. The van der Waals surface area contributed by atoms with Crippen molar-refractivity contribution in [3.8, 4) is 0 Å². The number of aryl methyl sites for hydroxylation is 1. The Kier molecular flexibility index (Phi) is 15.3. The molecule has 3 rings (SSSR count). The zero-order valence-electron chi connectivity index (χ0n) is 23.5. The monoisotopic (exact) mass is 560 g/mol. The van der Waals surface area contributed by atoms with Gasteiger partial charge >= 0.3 is 12.0 Å². The number of hydrogen-bond donors (Lipinski definition) is 1. The van der Waals surface area contributed by atoms with Gasteiger partial charge in [-0.25, -0.2) is 9.18 Å². The van der Waals surface area contributed by atoms with Gasteiger partial charge in [0.2, 0.25) is 0 Å². The number of amides is 2. The lowest BCUT2D eigenvalue weighted by Crippen LogP contribution is -2.43. The average molecular weight is 561 g/mol. The number of urea groups is 1. The number of aromatic nitrogens is 2. The average Bonchev–Trinajstić information content (AvgIpc) is 2.91. The fraction of sp³-hybridized carbons (Fsp3) is 0.414. The molecule has 0 aliphatic carbocycles. The first kappa shape index (κ1) is 33.4. The largest absolute Gasteiger partial charge is 0.469 e. The number of Topliss-reactive ketones (excluding diaryl/α,β-unsaturated/α-hetero) is 1. The minimum atomic E-state index is -0.508. The van der Waals surface area contributed by atoms with E-state index in [1.807, 2.05) is 32.3 Å². The molecule has 2 heterocycles. The molecule has 1 unspecified atom stereocenters. The van der Waals surface area contributed by atoms with Crippen molar-refractivity contribution in [2.75, 3.05) is 14.2 Å². The van der Waals surface area contributed by atoms with Crippen molar-refractivity contribution in [2.24, 2.45) is 0 Å². The van der Waals surface area contributed by atoms with Crippen LogP contribution in [0.1, 0.15) is 57.7 Å². The number of ether oxygens (including phenoxy) is 1. The molecular weight excluding hydrogens is 523 g/mol. The third-order valence-corrected chi connectivity index (χ3v) is 6.03. The zero-order chi connectivity index (χ0) is 29.4. The van der Waals surface area contributed by atoms with Crippen molar-refractivity contribution >= 4 is 40.2 Å². The highest BCUT2D eigenvalue weighted by atomic mass is 35.5. The summed E-state index contributed by atoms with van der Waals surface area (Å²) in [7, 11) is 3.06. The Bertz CT molecular complexity index is 1220. The second-order valence-corrected chi connectivity index (χ2v) is 9.35. The van der Waals surface area contributed by atoms with Crippen LogP contribution in [0.4, 0.5) is 9.18 Å². The Morgan fingerprint density at radius 1 is 1.15 bits per heavy atom. The number of benzene rings is 1. The quantitative estimate of drug-likeness (QED) is 0.325. The summed E-state index contributed by atoms with van der Waals surface area (Å²) < 4.78 is 18.0. The predicted octanol–water partition coefficient (Wildman–Crippen LogP) is 6.28. The molecule has 1 atom stereocenters. The summed E-state index contributed by atoms with van der Waals surface area (Å²) >= 11 is 5.87. The van der Waals surface area contributed by atoms with Crippen LogP contribution in [-0.2, 0) is 20.9 Å². The number of rotatable bonds is 8. The molecule has 0 aliphatic heterocycles. The maximum Gasteiger partial charge on any atom is 0.317 e. The minimum absolute atomic E-state index is 0.0117. The normalized spacial score (nSPS) is 10.8. The number of hydrogen-bond acceptors (Lipinski definition) is 6. The number of nitrogens with one attached hydrogen (secondary N) is 1. The van der Waals surface area contributed by atoms with Crippen LogP contribution < -0.4 is 5.32 Å². The zero-order valence-corrected chi connectivity index (χ0v) is 24.2. The lowest BCUT2D eigenvalue weighted by atomic mass is 10.1. The van der Waals surface area contributed by atoms with Crippen LogP contribution >= 0.6 is 11.6 Å². The molecule has 39 heavy (non-hydrogen) atoms. The van der Waals surface area contributed by atoms with E-state index in [4.69, 9.17) is 11.6 Å². The minimum Gasteiger partial charge on any atom is -0.469 e. The predicted molar refractivity (Wildman–Crippen MR) is 152 cm³/mol. The third-order valence-electron chi connectivity index (χ3n) is 5.61. The molecule has 0 saturated heterocycles. The van der Waals surface area contributed by atoms with Crippen molar-refractivity contribution in [2.45, 2.75) is 66.0 Å². The Labute approximate surface area is 234 Å². The van der Waals surface area contributed by atoms with Gasteiger partial charge in [-0.05, 0) is 69.2 Å². The van der Waals surface area contributed by atoms with Gasteiger partial charge in [0.15, 0.2) is 0 Å². The second-order valence-electron chi connectivity index (χ2n) is 8.97. The summed E-state index contributed by atoms with van der Waals surface area (Å²) in [6, 6.07) is 8.28. The van der Waals surface area contributed by atoms with E-state index in [2.05, 4.69) is 26.1 Å². The molecule has 10 heteroatoms. The van der Waals surface area contributed by atoms with E-state index in [0.717, 1.165) is 17.5 Å². The highest BCUT2D eigenvalue weighted by Gasteiger charge is 2.19. The maximum absolute atomic E-state index is 13.4. The van der Waals surface area contributed by atoms with Crippen LogP contribution in [0.3, 0.4) is 0 Å². The Balaban J connectivity index is 0.000000412. The van der Waals surface area contributed by atoms with Crippen LogP contribution in [-0.4, -0.2) is 52.9 Å². The van der Waals surface area contributed by atoms with Gasteiger partial charge in [0.25, 0.3) is 0 Å². The molecule has 0 aliphatic rings. The number of pyridine rings is 2. The summed E-state index contributed by atoms with van der Waals surface area (Å²) in [4.78, 5) is 42.6. The molecule has 2 amide bonds. The molecular formula is C29H38ClFN4O4. The molecule has 2 aromatic heterocycles. The Morgan fingerprint density at radius 3 is 2.49 bits per heavy atom. The standard InChI is InChI=1S/C17H24ClFN2O3.C9H8N2.C3H6O/c1-4-13(8-6-10-15(22)24-3)21(2)17(23)20-11-12-7-5-9-14(19)16(12)18;1-7-4-8-2-3-10-5-9(8)6-11-7;1-3(2)4/h5,7,9,13H,4,6,8,10-11H2,1-3H3,(H,20,23);2-6H,1H3;1-2H3. The van der Waals surface area contributed by atoms with Crippen LogP contribution in [0.2, 0.25) is 5.02 Å². The number of esters is 1. The molecule has 3 aromatic rings. The van der Waals surface area contributed by atoms with Crippen molar-refractivity contribution < 1.29 is 23.5 Å². The number of ketones is 1. The van der Waals surface area contributed by atoms with E-state index >= 15 is 0 Å². The van der Waals surface area contributed by atoms with Gasteiger partial charge in [-0.1, -0.05) is 30.7 Å². The number of halogens is 2. The highest BCUT2D eigenvalue weighted by molar-refractivity contribution is 6.31. The SMILES string of the molecule is CC(C)=O.CCC(CCCC(=O)OC)N(C)C(=O)NCc1cccc(F)c1Cl.Cc1cc2ccncc2cn1. The van der Waals surface area contributed by atoms with Crippen LogP contribution in [0.15, 0.2) is 48.9 Å². The summed E-state index contributed by atoms with van der Waals surface area (Å²) in [5.74, 6) is -0.594. The van der Waals surface area contributed by atoms with E-state index in [9.17, 15) is 18.8 Å². The van der Waals surface area contributed by atoms with Crippen LogP contribution in [0.5, 0.6) is 0 Å². The van der Waals surface area contributed by atoms with E-state index in [-0.39, 0.29) is 35.4 Å². The van der Waals surface area contributed by atoms with Crippen molar-refractivity contribution in [3.63, 3.8) is 0 Å². The van der Waals surface area contributed by atoms with Gasteiger partial charge in [0, 0.05) is 55.7 Å². The lowest BCUT2D eigenvalue weighted by Gasteiger charge is -2.27. The summed E-state index contributed by atoms with van der Waals surface area (Å²) in [5.41, 5.74) is 1.57. The molecule has 0 saturated carbocycles. The molecule has 0 spiro atoms. The Morgan fingerprint density at radius 2 is 1.85 bits per heavy atom. The fourth-order valence-electron chi connectivity index (χ4n) is 3.49. The van der Waals surface area contributed by atoms with Crippen LogP contribution in [0.25, 0.3) is 10.8 Å². The smallest absolute Gasteiger partial charge is 0.317 e. The molecule has 0 radical (unpaired) electrons. The van der Waals surface area contributed by atoms with E-state index < -0.39 is 5.82 Å². The molecule has 1 N–H and O–H groups in total. The topological polar surface area (TPSA) is 101 Å². The van der Waals surface area contributed by atoms with Gasteiger partial charge in [0.1, 0.15) is 11.6 Å². The number of carbonyl (C=O) groups is 3. The highest BCUT2D eigenvalue weighted by Crippen LogP contribution is 2.19. The molecule has 212 valence electrons. The fourth-order valence-corrected chi connectivity index (χ4v) is 3.69. The Hall–Kier alpha value is -3.59. The first-order chi connectivity index (χ1) is 18.5. The summed E-state index contributed by atoms with van der Waals surface area (Å²) in [6.45, 7) is 7.17. The molecule has 8 nitrogen and oxygen atoms in total. The van der Waals surface area contributed by atoms with E-state index in [1.54, 1.807) is 30.3 Å². The van der Waals surface area contributed by atoms with Gasteiger partial charge in [-0.3, -0.25) is 14.8 Å². The van der Waals surface area contributed by atoms with Crippen LogP contribution in [0, 0.1) is 12.7 Å². The summed E-state index contributed by atoms with van der Waals surface area (Å²) in [5, 5.41) is 5.05. The van der Waals surface area contributed by atoms with Gasteiger partial charge in [-0.15, -0.1) is 0 Å². The van der Waals surface area contributed by atoms with Gasteiger partial charge in [0.05, 0.1) is 12.1 Å². The number of fused-ring (bicyclic) bond motifs is 1. The molecule has 1 aromatic carbocycles. The van der Waals surface area contributed by atoms with E-state index in [1.165, 1.54) is 32.4 Å². The van der Waals surface area contributed by atoms with Crippen molar-refractivity contribution in [1.82, 2.24) is 20.2 Å². The maximum atomic E-state index is 13.4. The lowest BCUT2D eigenvalue weighted by molar-refractivity contribution is -0.140. The first-order valence-corrected chi connectivity index (χ1v) is 13.0. The van der Waals surface area contributed by atoms with Gasteiger partial charge < -0.3 is 19.7 Å². The second kappa shape index (κ2) is 17.8. The number of carbonyl (C=O) groups excluding carboxylic acids is 3. The van der Waals surface area contributed by atoms with Gasteiger partial charge in [-0.2, -0.15) is 0 Å². The molecule has 0 bridgehead atoms. The van der Waals surface area contributed by atoms with Crippen molar-refractivity contribution in [3.05, 3.63) is 71.0 Å². The third kappa shape index (κ3) is 12.7.